The maximum atomic E-state index is 6.13. The van der Waals surface area contributed by atoms with Crippen LogP contribution in [0.5, 0.6) is 5.75 Å². The van der Waals surface area contributed by atoms with Crippen molar-refractivity contribution in [2.75, 3.05) is 7.11 Å². The Labute approximate surface area is 99.6 Å². The highest BCUT2D eigenvalue weighted by molar-refractivity contribution is 6.31. The minimum atomic E-state index is 0.733. The fraction of sp³-hybridized carbons (Fsp3) is 0.250. The van der Waals surface area contributed by atoms with Gasteiger partial charge in [-0.1, -0.05) is 11.6 Å². The van der Waals surface area contributed by atoms with E-state index in [1.54, 1.807) is 18.0 Å². The van der Waals surface area contributed by atoms with Gasteiger partial charge >= 0.3 is 0 Å². The molecule has 0 unspecified atom stereocenters. The monoisotopic (exact) mass is 236 g/mol. The Morgan fingerprint density at radius 2 is 2.12 bits per heavy atom. The predicted molar refractivity (Wildman–Crippen MR) is 64.9 cm³/mol. The number of benzene rings is 1. The van der Waals surface area contributed by atoms with E-state index >= 15 is 0 Å². The number of aryl methyl sites for hydroxylation is 2. The zero-order chi connectivity index (χ0) is 11.7. The molecule has 84 valence electrons. The van der Waals surface area contributed by atoms with Crippen LogP contribution in [0.1, 0.15) is 5.56 Å². The number of methoxy groups -OCH3 is 1. The molecule has 0 aliphatic rings. The van der Waals surface area contributed by atoms with Gasteiger partial charge in [-0.3, -0.25) is 4.68 Å². The van der Waals surface area contributed by atoms with Crippen molar-refractivity contribution in [3.8, 4) is 17.0 Å². The molecule has 2 rings (SSSR count). The van der Waals surface area contributed by atoms with E-state index in [1.807, 2.05) is 32.2 Å². The largest absolute Gasteiger partial charge is 0.496 e. The summed E-state index contributed by atoms with van der Waals surface area (Å²) in [5.74, 6) is 0.811. The highest BCUT2D eigenvalue weighted by Gasteiger charge is 2.11. The van der Waals surface area contributed by atoms with Crippen LogP contribution >= 0.6 is 11.6 Å². The molecular formula is C12H13ClN2O. The molecule has 2 aromatic rings. The standard InChI is InChI=1S/C12H13ClN2O/c1-8-6-12(16-3)9(7-10(8)13)11-4-5-14-15(11)2/h4-7H,1-3H3. The van der Waals surface area contributed by atoms with Crippen LogP contribution in [-0.2, 0) is 7.05 Å². The Bertz CT molecular complexity index is 520. The minimum absolute atomic E-state index is 0.733. The first-order valence-electron chi connectivity index (χ1n) is 4.96. The third-order valence-corrected chi connectivity index (χ3v) is 2.98. The molecule has 1 aromatic carbocycles. The molecular weight excluding hydrogens is 224 g/mol. The van der Waals surface area contributed by atoms with E-state index in [1.165, 1.54) is 0 Å². The molecule has 0 saturated heterocycles. The lowest BCUT2D eigenvalue weighted by molar-refractivity contribution is 0.415. The highest BCUT2D eigenvalue weighted by Crippen LogP contribution is 2.34. The number of nitrogens with zero attached hydrogens (tertiary/aromatic N) is 2. The van der Waals surface area contributed by atoms with Crippen molar-refractivity contribution in [1.29, 1.82) is 0 Å². The van der Waals surface area contributed by atoms with Gasteiger partial charge in [0.25, 0.3) is 0 Å². The fourth-order valence-electron chi connectivity index (χ4n) is 1.66. The summed E-state index contributed by atoms with van der Waals surface area (Å²) in [4.78, 5) is 0. The molecule has 0 aliphatic heterocycles. The lowest BCUT2D eigenvalue weighted by atomic mass is 10.1. The van der Waals surface area contributed by atoms with Gasteiger partial charge in [-0.15, -0.1) is 0 Å². The molecule has 0 amide bonds. The molecule has 3 nitrogen and oxygen atoms in total. The molecule has 0 bridgehead atoms. The number of hydrogen-bond donors (Lipinski definition) is 0. The first kappa shape index (κ1) is 11.0. The Balaban J connectivity index is 2.64. The summed E-state index contributed by atoms with van der Waals surface area (Å²) < 4.78 is 7.16. The first-order valence-corrected chi connectivity index (χ1v) is 5.34. The van der Waals surface area contributed by atoms with E-state index in [2.05, 4.69) is 5.10 Å². The van der Waals surface area contributed by atoms with Gasteiger partial charge in [0.05, 0.1) is 12.8 Å². The van der Waals surface area contributed by atoms with E-state index in [9.17, 15) is 0 Å². The molecule has 0 atom stereocenters. The maximum Gasteiger partial charge on any atom is 0.128 e. The van der Waals surface area contributed by atoms with Gasteiger partial charge < -0.3 is 4.74 Å². The van der Waals surface area contributed by atoms with E-state index in [-0.39, 0.29) is 0 Å². The average Bonchev–Trinajstić information content (AvgIpc) is 2.68. The van der Waals surface area contributed by atoms with Crippen molar-refractivity contribution in [3.63, 3.8) is 0 Å². The molecule has 0 saturated carbocycles. The van der Waals surface area contributed by atoms with Crippen LogP contribution in [-0.4, -0.2) is 16.9 Å². The lowest BCUT2D eigenvalue weighted by Crippen LogP contribution is -1.96. The third kappa shape index (κ3) is 1.78. The quantitative estimate of drug-likeness (QED) is 0.801. The summed E-state index contributed by atoms with van der Waals surface area (Å²) in [5, 5.41) is 4.87. The third-order valence-electron chi connectivity index (χ3n) is 2.58. The summed E-state index contributed by atoms with van der Waals surface area (Å²) in [6.45, 7) is 1.96. The predicted octanol–water partition coefficient (Wildman–Crippen LogP) is 3.06. The Kier molecular flexibility index (Phi) is 2.88. The van der Waals surface area contributed by atoms with Gasteiger partial charge in [-0.2, -0.15) is 5.10 Å². The van der Waals surface area contributed by atoms with Crippen molar-refractivity contribution in [3.05, 3.63) is 35.0 Å². The summed E-state index contributed by atoms with van der Waals surface area (Å²) in [7, 11) is 3.55. The average molecular weight is 237 g/mol. The molecule has 1 aromatic heterocycles. The van der Waals surface area contributed by atoms with Crippen molar-refractivity contribution in [1.82, 2.24) is 9.78 Å². The number of ether oxygens (including phenoxy) is 1. The zero-order valence-corrected chi connectivity index (χ0v) is 10.2. The van der Waals surface area contributed by atoms with Crippen molar-refractivity contribution in [2.45, 2.75) is 6.92 Å². The minimum Gasteiger partial charge on any atom is -0.496 e. The van der Waals surface area contributed by atoms with Crippen LogP contribution in [0.2, 0.25) is 5.02 Å². The van der Waals surface area contributed by atoms with E-state index in [4.69, 9.17) is 16.3 Å². The normalized spacial score (nSPS) is 10.5. The molecule has 0 fully saturated rings. The molecule has 0 spiro atoms. The summed E-state index contributed by atoms with van der Waals surface area (Å²) >= 11 is 6.13. The zero-order valence-electron chi connectivity index (χ0n) is 9.49. The maximum absolute atomic E-state index is 6.13. The SMILES string of the molecule is COc1cc(C)c(Cl)cc1-c1ccnn1C. The summed E-state index contributed by atoms with van der Waals surface area (Å²) in [5.41, 5.74) is 2.95. The molecule has 0 radical (unpaired) electrons. The number of aromatic nitrogens is 2. The second-order valence-corrected chi connectivity index (χ2v) is 4.05. The number of hydrogen-bond acceptors (Lipinski definition) is 2. The molecule has 0 aliphatic carbocycles. The van der Waals surface area contributed by atoms with Gasteiger partial charge in [0.2, 0.25) is 0 Å². The molecule has 0 N–H and O–H groups in total. The molecule has 4 heteroatoms. The summed E-state index contributed by atoms with van der Waals surface area (Å²) in [6.07, 6.45) is 1.75. The Hall–Kier alpha value is -1.48. The van der Waals surface area contributed by atoms with Gasteiger partial charge in [0.15, 0.2) is 0 Å². The van der Waals surface area contributed by atoms with Crippen LogP contribution in [0.25, 0.3) is 11.3 Å². The molecule has 1 heterocycles. The van der Waals surface area contributed by atoms with E-state index in [0.29, 0.717) is 0 Å². The van der Waals surface area contributed by atoms with Gasteiger partial charge in [-0.25, -0.2) is 0 Å². The molecule has 16 heavy (non-hydrogen) atoms. The van der Waals surface area contributed by atoms with Crippen LogP contribution in [0.4, 0.5) is 0 Å². The topological polar surface area (TPSA) is 27.1 Å². The van der Waals surface area contributed by atoms with Gasteiger partial charge in [0.1, 0.15) is 5.75 Å². The van der Waals surface area contributed by atoms with Gasteiger partial charge in [-0.05, 0) is 30.7 Å². The van der Waals surface area contributed by atoms with Crippen LogP contribution in [0.3, 0.4) is 0 Å². The Morgan fingerprint density at radius 3 is 2.69 bits per heavy atom. The highest BCUT2D eigenvalue weighted by atomic mass is 35.5. The van der Waals surface area contributed by atoms with Crippen LogP contribution < -0.4 is 4.74 Å². The van der Waals surface area contributed by atoms with Crippen molar-refractivity contribution < 1.29 is 4.74 Å². The first-order chi connectivity index (χ1) is 7.63. The van der Waals surface area contributed by atoms with Crippen molar-refractivity contribution >= 4 is 11.6 Å². The van der Waals surface area contributed by atoms with Crippen molar-refractivity contribution in [2.24, 2.45) is 7.05 Å². The number of halogens is 1. The lowest BCUT2D eigenvalue weighted by Gasteiger charge is -2.11. The fourth-order valence-corrected chi connectivity index (χ4v) is 1.83. The summed E-state index contributed by atoms with van der Waals surface area (Å²) in [6, 6.07) is 5.78. The van der Waals surface area contributed by atoms with E-state index in [0.717, 1.165) is 27.6 Å². The number of rotatable bonds is 2. The second kappa shape index (κ2) is 4.18. The second-order valence-electron chi connectivity index (χ2n) is 3.64. The van der Waals surface area contributed by atoms with Crippen LogP contribution in [0, 0.1) is 6.92 Å². The smallest absolute Gasteiger partial charge is 0.128 e. The Morgan fingerprint density at radius 1 is 1.38 bits per heavy atom. The van der Waals surface area contributed by atoms with Crippen LogP contribution in [0.15, 0.2) is 24.4 Å². The van der Waals surface area contributed by atoms with E-state index < -0.39 is 0 Å². The van der Waals surface area contributed by atoms with Gasteiger partial charge in [0, 0.05) is 23.8 Å².